The zero-order valence-electron chi connectivity index (χ0n) is 14.7. The number of anilines is 1. The smallest absolute Gasteiger partial charge is 0.248 e. The minimum Gasteiger partial charge on any atom is -0.385 e. The number of nitrogens with two attached hydrogens (primary N) is 1. The van der Waals surface area contributed by atoms with Crippen molar-refractivity contribution in [3.05, 3.63) is 23.9 Å². The summed E-state index contributed by atoms with van der Waals surface area (Å²) in [6.45, 7) is 3.99. The van der Waals surface area contributed by atoms with Crippen LogP contribution >= 0.6 is 0 Å². The molecule has 1 spiro atoms. The molecule has 3 heterocycles. The molecule has 3 rings (SSSR count). The van der Waals surface area contributed by atoms with Crippen molar-refractivity contribution in [2.45, 2.75) is 25.7 Å². The van der Waals surface area contributed by atoms with Gasteiger partial charge in [-0.2, -0.15) is 0 Å². The van der Waals surface area contributed by atoms with E-state index in [2.05, 4.69) is 9.88 Å². The topological polar surface area (TPSA) is 88.8 Å². The summed E-state index contributed by atoms with van der Waals surface area (Å²) in [4.78, 5) is 32.2. The van der Waals surface area contributed by atoms with Gasteiger partial charge in [0, 0.05) is 63.5 Å². The van der Waals surface area contributed by atoms with Gasteiger partial charge in [0.05, 0.1) is 0 Å². The summed E-state index contributed by atoms with van der Waals surface area (Å²) in [5.74, 6) is 0.607. The lowest BCUT2D eigenvalue weighted by Crippen LogP contribution is -2.42. The van der Waals surface area contributed by atoms with E-state index in [-0.39, 0.29) is 11.3 Å². The molecule has 0 aromatic carbocycles. The number of pyridine rings is 1. The molecule has 2 fully saturated rings. The number of primary amides is 1. The number of amides is 2. The fourth-order valence-electron chi connectivity index (χ4n) is 3.87. The first-order valence-electron chi connectivity index (χ1n) is 8.80. The molecule has 2 amide bonds. The lowest BCUT2D eigenvalue weighted by Gasteiger charge is -2.39. The molecule has 0 atom stereocenters. The Morgan fingerprint density at radius 2 is 2.16 bits per heavy atom. The molecule has 1 aromatic heterocycles. The van der Waals surface area contributed by atoms with Crippen molar-refractivity contribution in [3.63, 3.8) is 0 Å². The van der Waals surface area contributed by atoms with Crippen LogP contribution in [-0.4, -0.2) is 61.6 Å². The van der Waals surface area contributed by atoms with E-state index in [9.17, 15) is 9.59 Å². The maximum atomic E-state index is 12.3. The Bertz CT molecular complexity index is 641. The fraction of sp³-hybridized carbons (Fsp3) is 0.611. The van der Waals surface area contributed by atoms with Crippen molar-refractivity contribution in [1.29, 1.82) is 0 Å². The second-order valence-corrected chi connectivity index (χ2v) is 7.09. The van der Waals surface area contributed by atoms with E-state index in [1.165, 1.54) is 0 Å². The van der Waals surface area contributed by atoms with Crippen LogP contribution in [0.15, 0.2) is 18.3 Å². The molecule has 0 saturated carbocycles. The SMILES string of the molecule is COCCCN1CC2(CCN(c3cc(C(N)=O)ccn3)CC2)CC1=O. The normalized spacial score (nSPS) is 19.6. The number of rotatable bonds is 6. The predicted molar refractivity (Wildman–Crippen MR) is 94.3 cm³/mol. The Labute approximate surface area is 148 Å². The highest BCUT2D eigenvalue weighted by Crippen LogP contribution is 2.41. The average Bonchev–Trinajstić information content (AvgIpc) is 2.91. The minimum absolute atomic E-state index is 0.0853. The minimum atomic E-state index is -0.440. The third-order valence-electron chi connectivity index (χ3n) is 5.36. The van der Waals surface area contributed by atoms with E-state index < -0.39 is 5.91 Å². The maximum Gasteiger partial charge on any atom is 0.248 e. The third-order valence-corrected chi connectivity index (χ3v) is 5.36. The second-order valence-electron chi connectivity index (χ2n) is 7.09. The molecule has 2 N–H and O–H groups in total. The van der Waals surface area contributed by atoms with Gasteiger partial charge in [-0.15, -0.1) is 0 Å². The van der Waals surface area contributed by atoms with Crippen LogP contribution in [0.4, 0.5) is 5.82 Å². The Balaban J connectivity index is 1.59. The van der Waals surface area contributed by atoms with Crippen molar-refractivity contribution >= 4 is 17.6 Å². The van der Waals surface area contributed by atoms with Gasteiger partial charge in [-0.25, -0.2) is 4.98 Å². The summed E-state index contributed by atoms with van der Waals surface area (Å²) >= 11 is 0. The van der Waals surface area contributed by atoms with E-state index >= 15 is 0 Å². The van der Waals surface area contributed by atoms with Crippen LogP contribution in [0.2, 0.25) is 0 Å². The zero-order valence-corrected chi connectivity index (χ0v) is 14.7. The molecule has 7 heteroatoms. The van der Waals surface area contributed by atoms with E-state index in [1.54, 1.807) is 25.4 Å². The zero-order chi connectivity index (χ0) is 17.9. The van der Waals surface area contributed by atoms with Crippen molar-refractivity contribution in [2.24, 2.45) is 11.1 Å². The number of carbonyl (C=O) groups is 2. The van der Waals surface area contributed by atoms with Gasteiger partial charge in [-0.05, 0) is 31.4 Å². The Morgan fingerprint density at radius 1 is 1.40 bits per heavy atom. The molecule has 0 bridgehead atoms. The molecule has 25 heavy (non-hydrogen) atoms. The van der Waals surface area contributed by atoms with Gasteiger partial charge < -0.3 is 20.3 Å². The largest absolute Gasteiger partial charge is 0.385 e. The van der Waals surface area contributed by atoms with Gasteiger partial charge >= 0.3 is 0 Å². The van der Waals surface area contributed by atoms with E-state index in [4.69, 9.17) is 10.5 Å². The number of piperidine rings is 1. The summed E-state index contributed by atoms with van der Waals surface area (Å²) in [6, 6.07) is 3.38. The summed E-state index contributed by atoms with van der Waals surface area (Å²) in [5.41, 5.74) is 5.91. The van der Waals surface area contributed by atoms with Crippen LogP contribution in [0, 0.1) is 5.41 Å². The summed E-state index contributed by atoms with van der Waals surface area (Å²) in [7, 11) is 1.68. The summed E-state index contributed by atoms with van der Waals surface area (Å²) in [6.07, 6.45) is 5.07. The van der Waals surface area contributed by atoms with Crippen LogP contribution in [0.1, 0.15) is 36.0 Å². The third kappa shape index (κ3) is 3.92. The van der Waals surface area contributed by atoms with E-state index in [0.29, 0.717) is 18.6 Å². The van der Waals surface area contributed by atoms with Crippen molar-refractivity contribution < 1.29 is 14.3 Å². The molecule has 7 nitrogen and oxygen atoms in total. The number of likely N-dealkylation sites (tertiary alicyclic amines) is 1. The summed E-state index contributed by atoms with van der Waals surface area (Å²) in [5, 5.41) is 0. The maximum absolute atomic E-state index is 12.3. The number of methoxy groups -OCH3 is 1. The standard InChI is InChI=1S/C18H26N4O3/c1-25-10-2-7-22-13-18(12-16(22)23)4-8-21(9-5-18)15-11-14(17(19)24)3-6-20-15/h3,6,11H,2,4-5,7-10,12-13H2,1H3,(H2,19,24). The molecule has 1 aromatic rings. The highest BCUT2D eigenvalue weighted by molar-refractivity contribution is 5.93. The first-order valence-corrected chi connectivity index (χ1v) is 8.80. The van der Waals surface area contributed by atoms with Crippen LogP contribution in [0.3, 0.4) is 0 Å². The van der Waals surface area contributed by atoms with Crippen LogP contribution < -0.4 is 10.6 Å². The average molecular weight is 346 g/mol. The highest BCUT2D eigenvalue weighted by atomic mass is 16.5. The van der Waals surface area contributed by atoms with Crippen LogP contribution in [0.5, 0.6) is 0 Å². The highest BCUT2D eigenvalue weighted by Gasteiger charge is 2.44. The first-order chi connectivity index (χ1) is 12.0. The van der Waals surface area contributed by atoms with Gasteiger partial charge in [0.1, 0.15) is 5.82 Å². The Kier molecular flexibility index (Phi) is 5.22. The van der Waals surface area contributed by atoms with Crippen LogP contribution in [-0.2, 0) is 9.53 Å². The number of ether oxygens (including phenoxy) is 1. The van der Waals surface area contributed by atoms with E-state index in [0.717, 1.165) is 51.3 Å². The van der Waals surface area contributed by atoms with Gasteiger partial charge in [-0.3, -0.25) is 9.59 Å². The monoisotopic (exact) mass is 346 g/mol. The first kappa shape index (κ1) is 17.7. The molecule has 136 valence electrons. The van der Waals surface area contributed by atoms with Gasteiger partial charge in [0.25, 0.3) is 0 Å². The Hall–Kier alpha value is -2.15. The summed E-state index contributed by atoms with van der Waals surface area (Å²) < 4.78 is 5.08. The molecular weight excluding hydrogens is 320 g/mol. The number of nitrogens with zero attached hydrogens (tertiary/aromatic N) is 3. The van der Waals surface area contributed by atoms with Gasteiger partial charge in [0.15, 0.2) is 0 Å². The van der Waals surface area contributed by atoms with Crippen molar-refractivity contribution in [2.75, 3.05) is 44.8 Å². The van der Waals surface area contributed by atoms with E-state index in [1.807, 2.05) is 4.90 Å². The van der Waals surface area contributed by atoms with Crippen LogP contribution in [0.25, 0.3) is 0 Å². The number of carbonyl (C=O) groups excluding carboxylic acids is 2. The number of hydrogen-bond acceptors (Lipinski definition) is 5. The fourth-order valence-corrected chi connectivity index (χ4v) is 3.87. The number of aromatic nitrogens is 1. The number of hydrogen-bond donors (Lipinski definition) is 1. The van der Waals surface area contributed by atoms with Crippen molar-refractivity contribution in [1.82, 2.24) is 9.88 Å². The predicted octanol–water partition coefficient (Wildman–Crippen LogP) is 1.04. The molecule has 0 unspecified atom stereocenters. The molecular formula is C18H26N4O3. The second kappa shape index (κ2) is 7.39. The molecule has 2 aliphatic rings. The molecule has 2 aliphatic heterocycles. The quantitative estimate of drug-likeness (QED) is 0.778. The lowest BCUT2D eigenvalue weighted by atomic mass is 9.77. The molecule has 2 saturated heterocycles. The van der Waals surface area contributed by atoms with Gasteiger partial charge in [-0.1, -0.05) is 0 Å². The molecule has 0 aliphatic carbocycles. The lowest BCUT2D eigenvalue weighted by molar-refractivity contribution is -0.128. The van der Waals surface area contributed by atoms with Gasteiger partial charge in [0.2, 0.25) is 11.8 Å². The van der Waals surface area contributed by atoms with Crippen molar-refractivity contribution in [3.8, 4) is 0 Å². The Morgan fingerprint density at radius 3 is 2.84 bits per heavy atom. The molecule has 0 radical (unpaired) electrons.